The van der Waals surface area contributed by atoms with E-state index in [0.29, 0.717) is 13.0 Å². The van der Waals surface area contributed by atoms with Gasteiger partial charge in [0, 0.05) is 6.42 Å². The first-order valence-electron chi connectivity index (χ1n) is 4.55. The van der Waals surface area contributed by atoms with E-state index in [-0.39, 0.29) is 5.97 Å². The summed E-state index contributed by atoms with van der Waals surface area (Å²) >= 11 is 0. The highest BCUT2D eigenvalue weighted by Crippen LogP contribution is 2.11. The molecule has 0 N–H and O–H groups in total. The van der Waals surface area contributed by atoms with Crippen molar-refractivity contribution in [1.29, 1.82) is 0 Å². The molecule has 0 bridgehead atoms. The summed E-state index contributed by atoms with van der Waals surface area (Å²) in [5, 5.41) is 0. The first-order valence-corrected chi connectivity index (χ1v) is 5.91. The van der Waals surface area contributed by atoms with Crippen molar-refractivity contribution in [3.05, 3.63) is 12.4 Å². The number of cyclic esters (lactones) is 1. The van der Waals surface area contributed by atoms with E-state index in [1.807, 2.05) is 0 Å². The third-order valence-electron chi connectivity index (χ3n) is 2.01. The monoisotopic (exact) mass is 248 g/mol. The van der Waals surface area contributed by atoms with Gasteiger partial charge in [0.2, 0.25) is 6.34 Å². The van der Waals surface area contributed by atoms with E-state index in [0.717, 1.165) is 12.8 Å². The molecule has 7 nitrogen and oxygen atoms in total. The molecule has 2 rings (SSSR count). The quantitative estimate of drug-likeness (QED) is 0.361. The van der Waals surface area contributed by atoms with Crippen molar-refractivity contribution in [3.63, 3.8) is 0 Å². The molecule has 0 radical (unpaired) electrons. The van der Waals surface area contributed by atoms with Gasteiger partial charge in [-0.1, -0.05) is 0 Å². The minimum Gasteiger partial charge on any atom is -0.701 e. The number of aliphatic imine (C=N–C) groups is 1. The second kappa shape index (κ2) is 4.73. The van der Waals surface area contributed by atoms with Gasteiger partial charge in [-0.2, -0.15) is 12.3 Å². The summed E-state index contributed by atoms with van der Waals surface area (Å²) in [5.41, 5.74) is 0. The van der Waals surface area contributed by atoms with Gasteiger partial charge in [0.25, 0.3) is 10.3 Å². The van der Waals surface area contributed by atoms with Crippen LogP contribution in [0.1, 0.15) is 12.8 Å². The summed E-state index contributed by atoms with van der Waals surface area (Å²) in [7, 11) is -3.11. The summed E-state index contributed by atoms with van der Waals surface area (Å²) < 4.78 is 35.0. The lowest BCUT2D eigenvalue weighted by Crippen LogP contribution is -2.40. The molecule has 2 aliphatic heterocycles. The SMILES string of the molecule is C[N+]1(S(=O)(=O)[O-])C=CN=C1.O=C1CCCO1. The Morgan fingerprint density at radius 2 is 2.25 bits per heavy atom. The van der Waals surface area contributed by atoms with Gasteiger partial charge in [-0.05, 0) is 6.42 Å². The summed E-state index contributed by atoms with van der Waals surface area (Å²) in [4.78, 5) is 13.5. The summed E-state index contributed by atoms with van der Waals surface area (Å²) in [5.74, 6) is -0.0463. The molecule has 0 aromatic rings. The van der Waals surface area contributed by atoms with E-state index in [1.54, 1.807) is 0 Å². The van der Waals surface area contributed by atoms with Crippen molar-refractivity contribution in [2.45, 2.75) is 12.8 Å². The third-order valence-corrected chi connectivity index (χ3v) is 3.19. The Hall–Kier alpha value is -1.25. The fourth-order valence-corrected chi connectivity index (χ4v) is 1.36. The number of carbonyl (C=O) groups is 1. The maximum Gasteiger partial charge on any atom is 0.305 e. The number of quaternary nitrogens is 1. The number of esters is 1. The molecule has 1 fully saturated rings. The molecule has 1 saturated heterocycles. The molecular formula is C8H12N2O5S. The summed E-state index contributed by atoms with van der Waals surface area (Å²) in [6.07, 6.45) is 5.07. The van der Waals surface area contributed by atoms with Crippen molar-refractivity contribution >= 4 is 22.6 Å². The van der Waals surface area contributed by atoms with Crippen molar-refractivity contribution in [2.24, 2.45) is 4.99 Å². The van der Waals surface area contributed by atoms with Gasteiger partial charge in [-0.3, -0.25) is 4.79 Å². The maximum absolute atomic E-state index is 10.4. The van der Waals surface area contributed by atoms with Crippen LogP contribution in [0.4, 0.5) is 0 Å². The highest BCUT2D eigenvalue weighted by atomic mass is 32.2. The van der Waals surface area contributed by atoms with Gasteiger partial charge in [-0.15, -0.1) is 0 Å². The third kappa shape index (κ3) is 3.12. The molecule has 0 aromatic heterocycles. The predicted molar refractivity (Wildman–Crippen MR) is 53.7 cm³/mol. The Bertz CT molecular complexity index is 406. The van der Waals surface area contributed by atoms with Gasteiger partial charge >= 0.3 is 5.97 Å². The molecule has 2 heterocycles. The zero-order valence-electron chi connectivity index (χ0n) is 8.70. The van der Waals surface area contributed by atoms with Gasteiger partial charge < -0.3 is 9.29 Å². The van der Waals surface area contributed by atoms with E-state index < -0.39 is 14.2 Å². The van der Waals surface area contributed by atoms with Crippen molar-refractivity contribution in [2.75, 3.05) is 13.7 Å². The summed E-state index contributed by atoms with van der Waals surface area (Å²) in [6, 6.07) is 0. The van der Waals surface area contributed by atoms with Crippen molar-refractivity contribution < 1.29 is 26.4 Å². The van der Waals surface area contributed by atoms with E-state index >= 15 is 0 Å². The highest BCUT2D eigenvalue weighted by molar-refractivity contribution is 7.80. The van der Waals surface area contributed by atoms with Gasteiger partial charge in [0.05, 0.1) is 19.9 Å². The number of hydrogen-bond acceptors (Lipinski definition) is 6. The number of rotatable bonds is 1. The largest absolute Gasteiger partial charge is 0.701 e. The molecular weight excluding hydrogens is 236 g/mol. The Labute approximate surface area is 93.5 Å². The van der Waals surface area contributed by atoms with Gasteiger partial charge in [-0.25, -0.2) is 4.99 Å². The van der Waals surface area contributed by atoms with Crippen LogP contribution >= 0.6 is 0 Å². The molecule has 0 saturated carbocycles. The summed E-state index contributed by atoms with van der Waals surface area (Å²) in [6.45, 7) is 0.638. The lowest BCUT2D eigenvalue weighted by atomic mass is 10.4. The molecule has 1 unspecified atom stereocenters. The molecule has 2 aliphatic rings. The number of ether oxygens (including phenoxy) is 1. The maximum atomic E-state index is 10.4. The second-order valence-corrected chi connectivity index (χ2v) is 5.02. The standard InChI is InChI=1S/C4H6N2O3S.C4H6O2/c1-6(10(7,8)9)3-2-5-4-6;5-4-2-1-3-6-4/h2-4H,1H3;1-3H2. The smallest absolute Gasteiger partial charge is 0.305 e. The van der Waals surface area contributed by atoms with Crippen LogP contribution in [0, 0.1) is 0 Å². The van der Waals surface area contributed by atoms with Crippen LogP contribution in [-0.2, 0) is 19.8 Å². The molecule has 1 atom stereocenters. The molecule has 16 heavy (non-hydrogen) atoms. The van der Waals surface area contributed by atoms with E-state index in [1.165, 1.54) is 19.4 Å². The highest BCUT2D eigenvalue weighted by Gasteiger charge is 2.27. The average Bonchev–Trinajstić information content (AvgIpc) is 2.77. The van der Waals surface area contributed by atoms with Crippen LogP contribution < -0.4 is 0 Å². The Kier molecular flexibility index (Phi) is 3.79. The van der Waals surface area contributed by atoms with Gasteiger partial charge in [0.1, 0.15) is 6.20 Å². The molecule has 0 aliphatic carbocycles. The molecule has 0 aromatic carbocycles. The second-order valence-electron chi connectivity index (χ2n) is 3.37. The number of hydrogen-bond donors (Lipinski definition) is 0. The zero-order valence-corrected chi connectivity index (χ0v) is 9.51. The topological polar surface area (TPSA) is 95.9 Å². The number of nitrogens with zero attached hydrogens (tertiary/aromatic N) is 2. The van der Waals surface area contributed by atoms with Crippen molar-refractivity contribution in [1.82, 2.24) is 0 Å². The first kappa shape index (κ1) is 12.8. The Morgan fingerprint density at radius 3 is 2.44 bits per heavy atom. The Morgan fingerprint density at radius 1 is 1.56 bits per heavy atom. The van der Waals surface area contributed by atoms with Crippen LogP contribution in [-0.4, -0.2) is 42.8 Å². The van der Waals surface area contributed by atoms with Crippen molar-refractivity contribution in [3.8, 4) is 0 Å². The molecule has 90 valence electrons. The zero-order chi connectivity index (χ0) is 12.2. The van der Waals surface area contributed by atoms with E-state index in [4.69, 9.17) is 0 Å². The minimum atomic E-state index is -4.35. The van der Waals surface area contributed by atoms with Crippen LogP contribution in [0.5, 0.6) is 0 Å². The molecule has 0 spiro atoms. The van der Waals surface area contributed by atoms with Crippen LogP contribution in [0.2, 0.25) is 0 Å². The number of carbonyl (C=O) groups excluding carboxylic acids is 1. The molecule has 0 amide bonds. The Balaban J connectivity index is 0.000000181. The van der Waals surface area contributed by atoms with Crippen LogP contribution in [0.25, 0.3) is 0 Å². The van der Waals surface area contributed by atoms with Crippen LogP contribution in [0.3, 0.4) is 0 Å². The fourth-order valence-electron chi connectivity index (χ4n) is 0.987. The van der Waals surface area contributed by atoms with E-state index in [9.17, 15) is 17.8 Å². The first-order chi connectivity index (χ1) is 7.35. The van der Waals surface area contributed by atoms with Gasteiger partial charge in [0.15, 0.2) is 0 Å². The molecule has 8 heteroatoms. The lowest BCUT2D eigenvalue weighted by Gasteiger charge is -2.23. The lowest BCUT2D eigenvalue weighted by molar-refractivity contribution is -0.618. The minimum absolute atomic E-state index is 0.0463. The fraction of sp³-hybridized carbons (Fsp3) is 0.500. The normalized spacial score (nSPS) is 27.5. The average molecular weight is 248 g/mol. The van der Waals surface area contributed by atoms with E-state index in [2.05, 4.69) is 9.73 Å². The predicted octanol–water partition coefficient (Wildman–Crippen LogP) is -0.270. The van der Waals surface area contributed by atoms with Crippen LogP contribution in [0.15, 0.2) is 17.4 Å².